The van der Waals surface area contributed by atoms with E-state index in [2.05, 4.69) is 38.3 Å². The summed E-state index contributed by atoms with van der Waals surface area (Å²) in [7, 11) is 1.75. The number of methoxy groups -OCH3 is 1. The molecule has 0 fully saturated rings. The van der Waals surface area contributed by atoms with Crippen molar-refractivity contribution in [1.29, 1.82) is 0 Å². The molecule has 1 aromatic rings. The lowest BCUT2D eigenvalue weighted by molar-refractivity contribution is 0.186. The molecule has 80 valence electrons. The monoisotopic (exact) mass is 195 g/mol. The van der Waals surface area contributed by atoms with Gasteiger partial charge in [0.1, 0.15) is 0 Å². The Balaban J connectivity index is 2.93. The number of rotatable bonds is 4. The van der Waals surface area contributed by atoms with Crippen LogP contribution in [-0.4, -0.2) is 18.3 Å². The molecule has 0 radical (unpaired) electrons. The molecule has 0 N–H and O–H groups in total. The van der Waals surface area contributed by atoms with Gasteiger partial charge in [-0.25, -0.2) is 0 Å². The van der Waals surface area contributed by atoms with Crippen LogP contribution in [0.15, 0.2) is 6.07 Å². The van der Waals surface area contributed by atoms with Crippen LogP contribution in [0.5, 0.6) is 0 Å². The van der Waals surface area contributed by atoms with Crippen molar-refractivity contribution in [2.75, 3.05) is 13.7 Å². The summed E-state index contributed by atoms with van der Waals surface area (Å²) in [5, 5.41) is 0. The third kappa shape index (κ3) is 2.18. The maximum atomic E-state index is 5.10. The molecule has 1 aromatic heterocycles. The average Bonchev–Trinajstić information content (AvgIpc) is 2.40. The summed E-state index contributed by atoms with van der Waals surface area (Å²) in [6, 6.07) is 2.29. The molecule has 2 nitrogen and oxygen atoms in total. The van der Waals surface area contributed by atoms with Crippen LogP contribution >= 0.6 is 0 Å². The highest BCUT2D eigenvalue weighted by molar-refractivity contribution is 5.29. The van der Waals surface area contributed by atoms with E-state index in [1.54, 1.807) is 7.11 Å². The number of ether oxygens (including phenoxy) is 1. The minimum Gasteiger partial charge on any atom is -0.383 e. The zero-order valence-electron chi connectivity index (χ0n) is 9.92. The van der Waals surface area contributed by atoms with Gasteiger partial charge in [-0.2, -0.15) is 0 Å². The SMILES string of the molecule is COCCn1c(C)cc(C(C)C)c1C. The summed E-state index contributed by atoms with van der Waals surface area (Å²) in [6.45, 7) is 10.6. The predicted octanol–water partition coefficient (Wildman–Crippen LogP) is 2.87. The third-order valence-corrected chi connectivity index (χ3v) is 2.75. The van der Waals surface area contributed by atoms with Gasteiger partial charge in [0, 0.05) is 25.0 Å². The lowest BCUT2D eigenvalue weighted by atomic mass is 10.0. The van der Waals surface area contributed by atoms with Gasteiger partial charge in [-0.1, -0.05) is 13.8 Å². The Labute approximate surface area is 86.9 Å². The topological polar surface area (TPSA) is 14.2 Å². The van der Waals surface area contributed by atoms with Crippen molar-refractivity contribution in [2.45, 2.75) is 40.2 Å². The summed E-state index contributed by atoms with van der Waals surface area (Å²) in [6.07, 6.45) is 0. The number of hydrogen-bond acceptors (Lipinski definition) is 1. The van der Waals surface area contributed by atoms with Crippen LogP contribution in [-0.2, 0) is 11.3 Å². The van der Waals surface area contributed by atoms with Crippen molar-refractivity contribution in [1.82, 2.24) is 4.57 Å². The second kappa shape index (κ2) is 4.65. The first-order valence-corrected chi connectivity index (χ1v) is 5.23. The van der Waals surface area contributed by atoms with Gasteiger partial charge in [0.25, 0.3) is 0 Å². The summed E-state index contributed by atoms with van der Waals surface area (Å²) in [5.41, 5.74) is 4.18. The highest BCUT2D eigenvalue weighted by Gasteiger charge is 2.10. The molecule has 0 saturated heterocycles. The van der Waals surface area contributed by atoms with Crippen LogP contribution in [0.2, 0.25) is 0 Å². The molecule has 0 aliphatic heterocycles. The molecule has 0 atom stereocenters. The van der Waals surface area contributed by atoms with Gasteiger partial charge < -0.3 is 9.30 Å². The largest absolute Gasteiger partial charge is 0.383 e. The van der Waals surface area contributed by atoms with Crippen molar-refractivity contribution in [3.8, 4) is 0 Å². The van der Waals surface area contributed by atoms with Crippen LogP contribution in [0.4, 0.5) is 0 Å². The van der Waals surface area contributed by atoms with E-state index in [1.807, 2.05) is 0 Å². The second-order valence-electron chi connectivity index (χ2n) is 4.13. The first-order chi connectivity index (χ1) is 6.57. The molecular formula is C12H21NO. The maximum absolute atomic E-state index is 5.10. The molecule has 0 aromatic carbocycles. The molecule has 1 rings (SSSR count). The van der Waals surface area contributed by atoms with E-state index in [0.29, 0.717) is 5.92 Å². The molecule has 0 aliphatic rings. The summed E-state index contributed by atoms with van der Waals surface area (Å²) >= 11 is 0. The van der Waals surface area contributed by atoms with Crippen molar-refractivity contribution >= 4 is 0 Å². The van der Waals surface area contributed by atoms with Gasteiger partial charge in [-0.05, 0) is 31.4 Å². The fraction of sp³-hybridized carbons (Fsp3) is 0.667. The van der Waals surface area contributed by atoms with Crippen LogP contribution < -0.4 is 0 Å². The average molecular weight is 195 g/mol. The first-order valence-electron chi connectivity index (χ1n) is 5.23. The minimum atomic E-state index is 0.609. The first kappa shape index (κ1) is 11.3. The molecule has 0 bridgehead atoms. The van der Waals surface area contributed by atoms with Crippen LogP contribution in [0.1, 0.15) is 36.7 Å². The quantitative estimate of drug-likeness (QED) is 0.720. The predicted molar refractivity (Wildman–Crippen MR) is 59.9 cm³/mol. The van der Waals surface area contributed by atoms with E-state index >= 15 is 0 Å². The van der Waals surface area contributed by atoms with E-state index in [9.17, 15) is 0 Å². The summed E-state index contributed by atoms with van der Waals surface area (Å²) in [4.78, 5) is 0. The zero-order valence-corrected chi connectivity index (χ0v) is 9.92. The van der Waals surface area contributed by atoms with Crippen molar-refractivity contribution < 1.29 is 4.74 Å². The number of aryl methyl sites for hydroxylation is 1. The van der Waals surface area contributed by atoms with Crippen molar-refractivity contribution in [3.05, 3.63) is 23.0 Å². The molecule has 0 saturated carbocycles. The molecule has 14 heavy (non-hydrogen) atoms. The lowest BCUT2D eigenvalue weighted by Crippen LogP contribution is -2.07. The molecule has 1 heterocycles. The van der Waals surface area contributed by atoms with Crippen molar-refractivity contribution in [3.63, 3.8) is 0 Å². The number of nitrogens with zero attached hydrogens (tertiary/aromatic N) is 1. The van der Waals surface area contributed by atoms with Crippen LogP contribution in [0.3, 0.4) is 0 Å². The van der Waals surface area contributed by atoms with Gasteiger partial charge in [-0.15, -0.1) is 0 Å². The van der Waals surface area contributed by atoms with Gasteiger partial charge in [0.05, 0.1) is 6.61 Å². The Kier molecular flexibility index (Phi) is 3.76. The van der Waals surface area contributed by atoms with E-state index < -0.39 is 0 Å². The van der Waals surface area contributed by atoms with E-state index in [4.69, 9.17) is 4.74 Å². The van der Waals surface area contributed by atoms with Gasteiger partial charge >= 0.3 is 0 Å². The fourth-order valence-corrected chi connectivity index (χ4v) is 1.94. The summed E-state index contributed by atoms with van der Waals surface area (Å²) < 4.78 is 7.44. The molecule has 0 spiro atoms. The maximum Gasteiger partial charge on any atom is 0.0641 e. The third-order valence-electron chi connectivity index (χ3n) is 2.75. The standard InChI is InChI=1S/C12H21NO/c1-9(2)12-8-10(3)13(11(12)4)6-7-14-5/h8-9H,6-7H2,1-5H3. The fourth-order valence-electron chi connectivity index (χ4n) is 1.94. The molecule has 0 unspecified atom stereocenters. The normalized spacial score (nSPS) is 11.3. The van der Waals surface area contributed by atoms with Gasteiger partial charge in [-0.3, -0.25) is 0 Å². The van der Waals surface area contributed by atoms with Crippen molar-refractivity contribution in [2.24, 2.45) is 0 Å². The highest BCUT2D eigenvalue weighted by atomic mass is 16.5. The molecular weight excluding hydrogens is 174 g/mol. The Morgan fingerprint density at radius 3 is 2.43 bits per heavy atom. The lowest BCUT2D eigenvalue weighted by Gasteiger charge is -2.10. The van der Waals surface area contributed by atoms with Gasteiger partial charge in [0.15, 0.2) is 0 Å². The van der Waals surface area contributed by atoms with Crippen LogP contribution in [0, 0.1) is 13.8 Å². The van der Waals surface area contributed by atoms with Gasteiger partial charge in [0.2, 0.25) is 0 Å². The minimum absolute atomic E-state index is 0.609. The Morgan fingerprint density at radius 1 is 1.36 bits per heavy atom. The van der Waals surface area contributed by atoms with E-state index in [1.165, 1.54) is 17.0 Å². The Hall–Kier alpha value is -0.760. The molecule has 2 heteroatoms. The number of hydrogen-bond donors (Lipinski definition) is 0. The van der Waals surface area contributed by atoms with E-state index in [-0.39, 0.29) is 0 Å². The molecule has 0 amide bonds. The van der Waals surface area contributed by atoms with E-state index in [0.717, 1.165) is 13.2 Å². The molecule has 0 aliphatic carbocycles. The number of aromatic nitrogens is 1. The Bertz CT molecular complexity index is 300. The van der Waals surface area contributed by atoms with Crippen LogP contribution in [0.25, 0.3) is 0 Å². The Morgan fingerprint density at radius 2 is 2.00 bits per heavy atom. The smallest absolute Gasteiger partial charge is 0.0641 e. The second-order valence-corrected chi connectivity index (χ2v) is 4.13. The highest BCUT2D eigenvalue weighted by Crippen LogP contribution is 2.22. The summed E-state index contributed by atoms with van der Waals surface area (Å²) in [5.74, 6) is 0.609. The zero-order chi connectivity index (χ0) is 10.7.